The number of benzene rings is 1. The van der Waals surface area contributed by atoms with E-state index >= 15 is 0 Å². The van der Waals surface area contributed by atoms with Crippen molar-refractivity contribution in [1.29, 1.82) is 0 Å². The summed E-state index contributed by atoms with van der Waals surface area (Å²) in [4.78, 5) is 39.8. The predicted molar refractivity (Wildman–Crippen MR) is 98.7 cm³/mol. The number of ether oxygens (including phenoxy) is 1. The molecule has 1 heterocycles. The lowest BCUT2D eigenvalue weighted by Crippen LogP contribution is -2.30. The number of amides is 1. The Morgan fingerprint density at radius 3 is 2.31 bits per heavy atom. The number of carbonyl (C=O) groups excluding carboxylic acids is 3. The Labute approximate surface area is 156 Å². The summed E-state index contributed by atoms with van der Waals surface area (Å²) < 4.78 is 5.20. The summed E-state index contributed by atoms with van der Waals surface area (Å²) in [7, 11) is 0. The van der Waals surface area contributed by atoms with Crippen LogP contribution in [0.1, 0.15) is 45.8 Å². The first-order valence-corrected chi connectivity index (χ1v) is 8.33. The van der Waals surface area contributed by atoms with Gasteiger partial charge in [0.15, 0.2) is 11.9 Å². The maximum atomic E-state index is 12.3. The quantitative estimate of drug-likeness (QED) is 0.489. The highest BCUT2D eigenvalue weighted by atomic mass is 35.5. The molecule has 1 amide bonds. The molecule has 0 aliphatic heterocycles. The molecule has 0 aliphatic rings. The van der Waals surface area contributed by atoms with Gasteiger partial charge < -0.3 is 10.1 Å². The average Bonchev–Trinajstić information content (AvgIpc) is 2.54. The topological polar surface area (TPSA) is 85.4 Å². The van der Waals surface area contributed by atoms with Gasteiger partial charge in [0.25, 0.3) is 5.91 Å². The molecular formula is C19H19ClN2O4. The molecule has 26 heavy (non-hydrogen) atoms. The largest absolute Gasteiger partial charge is 0.449 e. The fourth-order valence-corrected chi connectivity index (χ4v) is 2.70. The van der Waals surface area contributed by atoms with E-state index in [9.17, 15) is 14.4 Å². The molecule has 136 valence electrons. The number of aryl methyl sites for hydroxylation is 2. The van der Waals surface area contributed by atoms with Crippen molar-refractivity contribution >= 4 is 34.9 Å². The minimum Gasteiger partial charge on any atom is -0.449 e. The van der Waals surface area contributed by atoms with Gasteiger partial charge in [-0.1, -0.05) is 11.6 Å². The van der Waals surface area contributed by atoms with Crippen molar-refractivity contribution in [3.8, 4) is 0 Å². The van der Waals surface area contributed by atoms with Crippen molar-refractivity contribution in [1.82, 2.24) is 4.98 Å². The second kappa shape index (κ2) is 8.10. The van der Waals surface area contributed by atoms with Crippen molar-refractivity contribution < 1.29 is 19.1 Å². The van der Waals surface area contributed by atoms with Gasteiger partial charge in [-0.05, 0) is 63.6 Å². The lowest BCUT2D eigenvalue weighted by molar-refractivity contribution is -0.123. The number of Topliss-reactive ketones (excluding diaryl/α,β-unsaturated/α-hetero) is 1. The van der Waals surface area contributed by atoms with Crippen LogP contribution in [0.25, 0.3) is 0 Å². The van der Waals surface area contributed by atoms with Crippen LogP contribution in [-0.2, 0) is 9.53 Å². The number of hydrogen-bond acceptors (Lipinski definition) is 5. The molecule has 2 rings (SSSR count). The molecule has 1 atom stereocenters. The van der Waals surface area contributed by atoms with E-state index in [1.807, 2.05) is 0 Å². The lowest BCUT2D eigenvalue weighted by Gasteiger charge is -2.15. The van der Waals surface area contributed by atoms with Crippen LogP contribution in [0.15, 0.2) is 30.3 Å². The highest BCUT2D eigenvalue weighted by Crippen LogP contribution is 2.20. The Hall–Kier alpha value is -2.73. The molecule has 7 heteroatoms. The van der Waals surface area contributed by atoms with Crippen LogP contribution in [0, 0.1) is 13.8 Å². The van der Waals surface area contributed by atoms with Gasteiger partial charge in [-0.3, -0.25) is 9.59 Å². The van der Waals surface area contributed by atoms with Gasteiger partial charge >= 0.3 is 5.97 Å². The van der Waals surface area contributed by atoms with E-state index in [1.54, 1.807) is 44.2 Å². The summed E-state index contributed by atoms with van der Waals surface area (Å²) in [5, 5.41) is 2.67. The van der Waals surface area contributed by atoms with Crippen LogP contribution in [0.4, 0.5) is 5.69 Å². The number of rotatable bonds is 5. The van der Waals surface area contributed by atoms with Crippen molar-refractivity contribution in [2.24, 2.45) is 0 Å². The number of nitrogens with zero attached hydrogens (tertiary/aromatic N) is 1. The van der Waals surface area contributed by atoms with E-state index < -0.39 is 18.0 Å². The third kappa shape index (κ3) is 4.67. The number of pyridine rings is 1. The number of halogens is 1. The van der Waals surface area contributed by atoms with Crippen molar-refractivity contribution in [3.63, 3.8) is 0 Å². The van der Waals surface area contributed by atoms with E-state index in [2.05, 4.69) is 10.3 Å². The molecule has 0 fully saturated rings. The first kappa shape index (κ1) is 19.6. The molecule has 0 saturated heterocycles. The number of ketones is 1. The Balaban J connectivity index is 2.05. The maximum Gasteiger partial charge on any atom is 0.342 e. The summed E-state index contributed by atoms with van der Waals surface area (Å²) in [6.07, 6.45) is -1.04. The Kier molecular flexibility index (Phi) is 6.10. The number of aromatic nitrogens is 1. The van der Waals surface area contributed by atoms with Gasteiger partial charge in [-0.15, -0.1) is 0 Å². The van der Waals surface area contributed by atoms with Crippen LogP contribution >= 0.6 is 11.6 Å². The fourth-order valence-electron chi connectivity index (χ4n) is 2.34. The smallest absolute Gasteiger partial charge is 0.342 e. The molecule has 0 spiro atoms. The van der Waals surface area contributed by atoms with Crippen LogP contribution in [0.3, 0.4) is 0 Å². The SMILES string of the molecule is CC(=O)c1ccc(NC(=O)[C@H](C)OC(=O)c2c(C)cc(C)nc2Cl)cc1. The van der Waals surface area contributed by atoms with Crippen LogP contribution in [-0.4, -0.2) is 28.7 Å². The predicted octanol–water partition coefficient (Wildman–Crippen LogP) is 3.74. The molecule has 0 saturated carbocycles. The van der Waals surface area contributed by atoms with Crippen molar-refractivity contribution in [2.75, 3.05) is 5.32 Å². The summed E-state index contributed by atoms with van der Waals surface area (Å²) >= 11 is 6.02. The van der Waals surface area contributed by atoms with Gasteiger partial charge in [0.05, 0.1) is 5.56 Å². The number of carbonyl (C=O) groups is 3. The van der Waals surface area contributed by atoms with Crippen molar-refractivity contribution in [2.45, 2.75) is 33.8 Å². The average molecular weight is 375 g/mol. The van der Waals surface area contributed by atoms with E-state index in [4.69, 9.17) is 16.3 Å². The summed E-state index contributed by atoms with van der Waals surface area (Å²) in [6, 6.07) is 8.14. The Bertz CT molecular complexity index is 839. The Morgan fingerprint density at radius 2 is 1.77 bits per heavy atom. The van der Waals surface area contributed by atoms with Gasteiger partial charge in [-0.25, -0.2) is 9.78 Å². The normalized spacial score (nSPS) is 11.6. The fraction of sp³-hybridized carbons (Fsp3) is 0.263. The number of hydrogen-bond donors (Lipinski definition) is 1. The van der Waals surface area contributed by atoms with Gasteiger partial charge in [-0.2, -0.15) is 0 Å². The molecule has 1 aromatic carbocycles. The van der Waals surface area contributed by atoms with E-state index in [-0.39, 0.29) is 16.5 Å². The van der Waals surface area contributed by atoms with Crippen LogP contribution in [0.2, 0.25) is 5.15 Å². The zero-order valence-corrected chi connectivity index (χ0v) is 15.7. The van der Waals surface area contributed by atoms with E-state index in [1.165, 1.54) is 13.8 Å². The summed E-state index contributed by atoms with van der Waals surface area (Å²) in [6.45, 7) is 6.41. The van der Waals surface area contributed by atoms with E-state index in [0.29, 0.717) is 22.5 Å². The first-order valence-electron chi connectivity index (χ1n) is 7.95. The van der Waals surface area contributed by atoms with E-state index in [0.717, 1.165) is 0 Å². The molecule has 1 aromatic heterocycles. The summed E-state index contributed by atoms with van der Waals surface area (Å²) in [5.41, 5.74) is 2.49. The Morgan fingerprint density at radius 1 is 1.15 bits per heavy atom. The number of nitrogens with one attached hydrogen (secondary N) is 1. The zero-order valence-electron chi connectivity index (χ0n) is 14.9. The molecule has 2 aromatic rings. The molecule has 0 aliphatic carbocycles. The molecule has 6 nitrogen and oxygen atoms in total. The minimum atomic E-state index is -1.04. The maximum absolute atomic E-state index is 12.3. The number of esters is 1. The highest BCUT2D eigenvalue weighted by Gasteiger charge is 2.23. The summed E-state index contributed by atoms with van der Waals surface area (Å²) in [5.74, 6) is -1.28. The molecule has 1 N–H and O–H groups in total. The standard InChI is InChI=1S/C19H19ClN2O4/c1-10-9-11(2)21-17(20)16(10)19(25)26-13(4)18(24)22-15-7-5-14(6-8-15)12(3)23/h5-9,13H,1-4H3,(H,22,24)/t13-/m0/s1. The first-order chi connectivity index (χ1) is 12.2. The zero-order chi connectivity index (χ0) is 19.4. The lowest BCUT2D eigenvalue weighted by atomic mass is 10.1. The molecule has 0 bridgehead atoms. The minimum absolute atomic E-state index is 0.0416. The number of anilines is 1. The third-order valence-corrected chi connectivity index (χ3v) is 3.99. The molecular weight excluding hydrogens is 356 g/mol. The van der Waals surface area contributed by atoms with Crippen LogP contribution in [0.5, 0.6) is 0 Å². The van der Waals surface area contributed by atoms with Gasteiger partial charge in [0.2, 0.25) is 0 Å². The second-order valence-corrected chi connectivity index (χ2v) is 6.27. The third-order valence-electron chi connectivity index (χ3n) is 3.72. The van der Waals surface area contributed by atoms with Crippen molar-refractivity contribution in [3.05, 3.63) is 57.9 Å². The van der Waals surface area contributed by atoms with Gasteiger partial charge in [0.1, 0.15) is 5.15 Å². The second-order valence-electron chi connectivity index (χ2n) is 5.92. The highest BCUT2D eigenvalue weighted by molar-refractivity contribution is 6.32. The molecule has 0 radical (unpaired) electrons. The monoisotopic (exact) mass is 374 g/mol. The van der Waals surface area contributed by atoms with Crippen LogP contribution < -0.4 is 5.32 Å². The van der Waals surface area contributed by atoms with Gasteiger partial charge in [0, 0.05) is 16.9 Å². The molecule has 0 unspecified atom stereocenters.